The fourth-order valence-electron chi connectivity index (χ4n) is 4.91. The number of nitrogens with one attached hydrogen (secondary N) is 1. The maximum absolute atomic E-state index is 13.3. The molecule has 39 heavy (non-hydrogen) atoms. The van der Waals surface area contributed by atoms with Gasteiger partial charge in [-0.25, -0.2) is 0 Å². The van der Waals surface area contributed by atoms with Crippen molar-refractivity contribution < 1.29 is 9.59 Å². The summed E-state index contributed by atoms with van der Waals surface area (Å²) in [5.41, 5.74) is 6.75. The van der Waals surface area contributed by atoms with Gasteiger partial charge in [0.1, 0.15) is 5.92 Å². The van der Waals surface area contributed by atoms with Crippen molar-refractivity contribution in [1.82, 2.24) is 9.80 Å². The molecule has 1 aliphatic heterocycles. The van der Waals surface area contributed by atoms with Gasteiger partial charge in [-0.2, -0.15) is 0 Å². The Morgan fingerprint density at radius 1 is 0.769 bits per heavy atom. The summed E-state index contributed by atoms with van der Waals surface area (Å²) in [7, 11) is 5.55. The number of rotatable bonds is 8. The second-order valence-electron chi connectivity index (χ2n) is 10.1. The van der Waals surface area contributed by atoms with Crippen molar-refractivity contribution in [2.24, 2.45) is 4.99 Å². The molecule has 6 heteroatoms. The molecule has 0 fully saturated rings. The number of carbonyl (C=O) groups is 2. The highest BCUT2D eigenvalue weighted by atomic mass is 16.2. The summed E-state index contributed by atoms with van der Waals surface area (Å²) < 4.78 is 0. The zero-order valence-corrected chi connectivity index (χ0v) is 22.5. The molecule has 1 aliphatic rings. The van der Waals surface area contributed by atoms with Gasteiger partial charge >= 0.3 is 0 Å². The number of hydrogen-bond donors (Lipinski definition) is 1. The van der Waals surface area contributed by atoms with Gasteiger partial charge in [0.2, 0.25) is 5.91 Å². The Bertz CT molecular complexity index is 1500. The van der Waals surface area contributed by atoms with Crippen LogP contribution in [0, 0.1) is 0 Å². The van der Waals surface area contributed by atoms with Crippen LogP contribution in [0.25, 0.3) is 0 Å². The number of aliphatic imine (C=N–C) groups is 1. The molecular formula is C33H32N4O2. The molecule has 0 bridgehead atoms. The van der Waals surface area contributed by atoms with Gasteiger partial charge in [-0.1, -0.05) is 72.8 Å². The molecule has 4 aromatic rings. The van der Waals surface area contributed by atoms with Crippen LogP contribution in [0.2, 0.25) is 0 Å². The number of amides is 2. The van der Waals surface area contributed by atoms with Gasteiger partial charge in [0.25, 0.3) is 5.91 Å². The first kappa shape index (κ1) is 26.1. The predicted octanol–water partition coefficient (Wildman–Crippen LogP) is 5.88. The van der Waals surface area contributed by atoms with Crippen LogP contribution in [0.4, 0.5) is 11.4 Å². The maximum atomic E-state index is 13.3. The zero-order valence-electron chi connectivity index (χ0n) is 22.5. The molecule has 0 saturated carbocycles. The highest BCUT2D eigenvalue weighted by Crippen LogP contribution is 2.37. The molecule has 1 atom stereocenters. The summed E-state index contributed by atoms with van der Waals surface area (Å²) in [6.07, 6.45) is 0. The normalized spacial score (nSPS) is 14.7. The van der Waals surface area contributed by atoms with Crippen LogP contribution in [0.3, 0.4) is 0 Å². The number of nitrogens with zero attached hydrogens (tertiary/aromatic N) is 3. The van der Waals surface area contributed by atoms with Gasteiger partial charge in [0.05, 0.1) is 11.4 Å². The van der Waals surface area contributed by atoms with Gasteiger partial charge in [0, 0.05) is 38.4 Å². The SMILES string of the molecule is CN(Cc1ccccc1)Cc1ccc(N=C(c2ccccc2)C2C(=O)Nc3ccc(C(=O)N(C)C)cc32)cc1. The van der Waals surface area contributed by atoms with Crippen LogP contribution in [-0.4, -0.2) is 48.5 Å². The van der Waals surface area contributed by atoms with E-state index < -0.39 is 5.92 Å². The molecule has 0 aliphatic carbocycles. The third-order valence-corrected chi connectivity index (χ3v) is 6.81. The van der Waals surface area contributed by atoms with E-state index in [0.717, 1.165) is 29.9 Å². The number of fused-ring (bicyclic) bond motifs is 1. The van der Waals surface area contributed by atoms with Gasteiger partial charge in [-0.15, -0.1) is 0 Å². The Morgan fingerprint density at radius 2 is 1.38 bits per heavy atom. The lowest BCUT2D eigenvalue weighted by Crippen LogP contribution is -2.23. The first-order chi connectivity index (χ1) is 18.9. The Labute approximate surface area is 229 Å². The third-order valence-electron chi connectivity index (χ3n) is 6.81. The second-order valence-corrected chi connectivity index (χ2v) is 10.1. The summed E-state index contributed by atoms with van der Waals surface area (Å²) in [6, 6.07) is 33.7. The van der Waals surface area contributed by atoms with Crippen LogP contribution in [0.1, 0.15) is 38.5 Å². The van der Waals surface area contributed by atoms with Crippen molar-refractivity contribution in [3.63, 3.8) is 0 Å². The first-order valence-corrected chi connectivity index (χ1v) is 13.0. The minimum absolute atomic E-state index is 0.109. The Morgan fingerprint density at radius 3 is 2.03 bits per heavy atom. The molecule has 1 unspecified atom stereocenters. The molecule has 4 aromatic carbocycles. The Hall–Kier alpha value is -4.55. The molecule has 0 radical (unpaired) electrons. The fraction of sp³-hybridized carbons (Fsp3) is 0.182. The smallest absolute Gasteiger partial charge is 0.253 e. The van der Waals surface area contributed by atoms with E-state index in [-0.39, 0.29) is 11.8 Å². The summed E-state index contributed by atoms with van der Waals surface area (Å²) in [5, 5.41) is 2.98. The van der Waals surface area contributed by atoms with E-state index in [9.17, 15) is 9.59 Å². The molecular weight excluding hydrogens is 484 g/mol. The van der Waals surface area contributed by atoms with Crippen molar-refractivity contribution in [2.75, 3.05) is 26.5 Å². The van der Waals surface area contributed by atoms with Crippen LogP contribution >= 0.6 is 0 Å². The van der Waals surface area contributed by atoms with E-state index in [4.69, 9.17) is 4.99 Å². The van der Waals surface area contributed by atoms with Gasteiger partial charge in [-0.3, -0.25) is 19.5 Å². The van der Waals surface area contributed by atoms with E-state index in [1.54, 1.807) is 26.2 Å². The van der Waals surface area contributed by atoms with E-state index in [1.807, 2.05) is 54.6 Å². The lowest BCUT2D eigenvalue weighted by Gasteiger charge is -2.17. The third kappa shape index (κ3) is 5.97. The van der Waals surface area contributed by atoms with Gasteiger partial charge in [0.15, 0.2) is 0 Å². The van der Waals surface area contributed by atoms with Gasteiger partial charge in [-0.05, 0) is 59.6 Å². The first-order valence-electron chi connectivity index (χ1n) is 13.0. The van der Waals surface area contributed by atoms with E-state index in [2.05, 4.69) is 53.7 Å². The van der Waals surface area contributed by atoms with E-state index in [1.165, 1.54) is 16.0 Å². The minimum atomic E-state index is -0.631. The minimum Gasteiger partial charge on any atom is -0.345 e. The Balaban J connectivity index is 1.45. The molecule has 1 heterocycles. The van der Waals surface area contributed by atoms with Gasteiger partial charge < -0.3 is 10.2 Å². The molecule has 0 spiro atoms. The summed E-state index contributed by atoms with van der Waals surface area (Å²) in [4.78, 5) is 34.8. The summed E-state index contributed by atoms with van der Waals surface area (Å²) in [5.74, 6) is -0.892. The molecule has 2 amide bonds. The fourth-order valence-corrected chi connectivity index (χ4v) is 4.91. The van der Waals surface area contributed by atoms with E-state index >= 15 is 0 Å². The largest absolute Gasteiger partial charge is 0.345 e. The zero-order chi connectivity index (χ0) is 27.4. The number of hydrogen-bond acceptors (Lipinski definition) is 4. The van der Waals surface area contributed by atoms with Crippen LogP contribution < -0.4 is 5.32 Å². The predicted molar refractivity (Wildman–Crippen MR) is 157 cm³/mol. The number of benzene rings is 4. The summed E-state index contributed by atoms with van der Waals surface area (Å²) >= 11 is 0. The monoisotopic (exact) mass is 516 g/mol. The van der Waals surface area contributed by atoms with Crippen molar-refractivity contribution in [3.8, 4) is 0 Å². The van der Waals surface area contributed by atoms with Crippen molar-refractivity contribution >= 4 is 28.9 Å². The average molecular weight is 517 g/mol. The van der Waals surface area contributed by atoms with Crippen molar-refractivity contribution in [3.05, 3.63) is 131 Å². The molecule has 196 valence electrons. The van der Waals surface area contributed by atoms with Crippen molar-refractivity contribution in [1.29, 1.82) is 0 Å². The topological polar surface area (TPSA) is 65.0 Å². The highest BCUT2D eigenvalue weighted by Gasteiger charge is 2.36. The molecule has 0 saturated heterocycles. The number of carbonyl (C=O) groups excluding carboxylic acids is 2. The lowest BCUT2D eigenvalue weighted by molar-refractivity contribution is -0.115. The molecule has 5 rings (SSSR count). The van der Waals surface area contributed by atoms with E-state index in [0.29, 0.717) is 17.0 Å². The molecule has 0 aromatic heterocycles. The molecule has 1 N–H and O–H groups in total. The summed E-state index contributed by atoms with van der Waals surface area (Å²) in [6.45, 7) is 1.68. The van der Waals surface area contributed by atoms with Crippen LogP contribution in [0.15, 0.2) is 108 Å². The highest BCUT2D eigenvalue weighted by molar-refractivity contribution is 6.24. The quantitative estimate of drug-likeness (QED) is 0.298. The Kier molecular flexibility index (Phi) is 7.66. The number of anilines is 1. The maximum Gasteiger partial charge on any atom is 0.253 e. The standard InChI is InChI=1S/C33H32N4O2/c1-36(2)33(39)26-16-19-29-28(20-26)30(32(38)35-29)31(25-12-8-5-9-13-25)34-27-17-14-24(15-18-27)22-37(3)21-23-10-6-4-7-11-23/h4-20,30H,21-22H2,1-3H3,(H,35,38). The molecule has 6 nitrogen and oxygen atoms in total. The lowest BCUT2D eigenvalue weighted by atomic mass is 9.89. The average Bonchev–Trinajstić information content (AvgIpc) is 3.27. The van der Waals surface area contributed by atoms with Crippen LogP contribution in [-0.2, 0) is 17.9 Å². The second kappa shape index (κ2) is 11.5. The van der Waals surface area contributed by atoms with Crippen LogP contribution in [0.5, 0.6) is 0 Å². The van der Waals surface area contributed by atoms with Crippen molar-refractivity contribution in [2.45, 2.75) is 19.0 Å².